The molecular weight excluding hydrogens is 512 g/mol. The van der Waals surface area contributed by atoms with Crippen LogP contribution in [0.4, 0.5) is 0 Å². The van der Waals surface area contributed by atoms with Crippen LogP contribution in [0, 0.1) is 5.92 Å². The zero-order valence-electron chi connectivity index (χ0n) is 24.0. The monoisotopic (exact) mass is 554 g/mol. The van der Waals surface area contributed by atoms with Crippen molar-refractivity contribution in [2.24, 2.45) is 11.7 Å². The molecule has 0 radical (unpaired) electrons. The minimum Gasteiger partial charge on any atom is -0.368 e. The number of benzene rings is 1. The van der Waals surface area contributed by atoms with E-state index in [4.69, 9.17) is 5.73 Å². The number of carbonyl (C=O) groups is 4. The molecule has 5 N–H and O–H groups in total. The quantitative estimate of drug-likeness (QED) is 0.277. The van der Waals surface area contributed by atoms with Crippen LogP contribution in [0.15, 0.2) is 36.5 Å². The molecule has 1 saturated heterocycles. The lowest BCUT2D eigenvalue weighted by molar-refractivity contribution is -0.143. The van der Waals surface area contributed by atoms with Gasteiger partial charge in [-0.05, 0) is 31.9 Å². The highest BCUT2D eigenvalue weighted by Crippen LogP contribution is 2.29. The molecule has 1 aliphatic heterocycles. The van der Waals surface area contributed by atoms with Gasteiger partial charge in [0.1, 0.15) is 18.1 Å². The van der Waals surface area contributed by atoms with Crippen LogP contribution in [0.5, 0.6) is 0 Å². The van der Waals surface area contributed by atoms with Crippen LogP contribution in [-0.4, -0.2) is 81.3 Å². The molecule has 3 rings (SSSR count). The fraction of sp³-hybridized carbons (Fsp3) is 0.571. The lowest BCUT2D eigenvalue weighted by Gasteiger charge is -2.31. The van der Waals surface area contributed by atoms with Crippen molar-refractivity contribution in [2.75, 3.05) is 13.6 Å². The van der Waals surface area contributed by atoms with E-state index >= 15 is 0 Å². The van der Waals surface area contributed by atoms with E-state index in [9.17, 15) is 19.2 Å². The fourth-order valence-corrected chi connectivity index (χ4v) is 4.80. The van der Waals surface area contributed by atoms with Crippen LogP contribution in [0.3, 0.4) is 0 Å². The van der Waals surface area contributed by atoms with Crippen molar-refractivity contribution >= 4 is 23.6 Å². The Morgan fingerprint density at radius 2 is 1.80 bits per heavy atom. The summed E-state index contributed by atoms with van der Waals surface area (Å²) < 4.78 is 1.69. The number of amides is 4. The number of carbonyl (C=O) groups excluding carboxylic acids is 4. The molecule has 12 heteroatoms. The molecule has 218 valence electrons. The first-order valence-electron chi connectivity index (χ1n) is 13.9. The molecule has 1 fully saturated rings. The van der Waals surface area contributed by atoms with Crippen molar-refractivity contribution in [3.8, 4) is 0 Å². The zero-order chi connectivity index (χ0) is 29.4. The molecule has 0 unspecified atom stereocenters. The molecule has 12 nitrogen and oxygen atoms in total. The van der Waals surface area contributed by atoms with E-state index in [1.54, 1.807) is 18.7 Å². The minimum absolute atomic E-state index is 0.201. The maximum atomic E-state index is 13.9. The largest absolute Gasteiger partial charge is 0.368 e. The Labute approximate surface area is 235 Å². The number of primary amides is 1. The van der Waals surface area contributed by atoms with Crippen molar-refractivity contribution in [1.29, 1.82) is 0 Å². The predicted molar refractivity (Wildman–Crippen MR) is 150 cm³/mol. The van der Waals surface area contributed by atoms with Crippen LogP contribution < -0.4 is 21.7 Å². The Morgan fingerprint density at radius 3 is 2.40 bits per heavy atom. The first kappa shape index (κ1) is 30.7. The molecule has 4 amide bonds. The van der Waals surface area contributed by atoms with Gasteiger partial charge in [0, 0.05) is 25.6 Å². The first-order valence-corrected chi connectivity index (χ1v) is 13.9. The van der Waals surface area contributed by atoms with Gasteiger partial charge in [0.2, 0.25) is 23.6 Å². The van der Waals surface area contributed by atoms with E-state index in [1.807, 2.05) is 50.4 Å². The van der Waals surface area contributed by atoms with E-state index in [-0.39, 0.29) is 43.2 Å². The van der Waals surface area contributed by atoms with Crippen LogP contribution in [0.25, 0.3) is 0 Å². The van der Waals surface area contributed by atoms with E-state index in [1.165, 1.54) is 4.90 Å². The molecule has 40 heavy (non-hydrogen) atoms. The number of rotatable bonds is 13. The summed E-state index contributed by atoms with van der Waals surface area (Å²) in [5, 5.41) is 17.0. The molecule has 2 aromatic rings. The van der Waals surface area contributed by atoms with Gasteiger partial charge in [-0.3, -0.25) is 19.2 Å². The average Bonchev–Trinajstić information content (AvgIpc) is 3.58. The molecule has 5 atom stereocenters. The number of nitrogens with zero attached hydrogens (tertiary/aromatic N) is 4. The standard InChI is InChI=1S/C28H42N8O4/c1-6-10-20-15-36(34-33-20)21-14-23(27(39)31-22(25(29)37)13-19-11-8-7-9-12-19)35(16-21)28(40)24(17(2)3)32-26(38)18(4)30-5/h7-9,11-12,15,17-18,21-24,30H,6,10,13-14,16H2,1-5H3,(H2,29,37)(H,31,39)(H,32,38)/t18-,21+,22-,23-,24-/m0/s1. The van der Waals surface area contributed by atoms with Gasteiger partial charge < -0.3 is 26.6 Å². The molecule has 0 aliphatic carbocycles. The molecule has 0 spiro atoms. The van der Waals surface area contributed by atoms with Gasteiger partial charge in [0.15, 0.2) is 0 Å². The normalized spacial score (nSPS) is 19.2. The molecule has 1 aliphatic rings. The third kappa shape index (κ3) is 7.65. The van der Waals surface area contributed by atoms with Crippen LogP contribution in [0.1, 0.15) is 57.8 Å². The Balaban J connectivity index is 1.87. The third-order valence-electron chi connectivity index (χ3n) is 7.30. The van der Waals surface area contributed by atoms with E-state index < -0.39 is 36.0 Å². The van der Waals surface area contributed by atoms with Gasteiger partial charge in [-0.25, -0.2) is 4.68 Å². The van der Waals surface area contributed by atoms with E-state index in [0.717, 1.165) is 24.1 Å². The second-order valence-corrected chi connectivity index (χ2v) is 10.7. The van der Waals surface area contributed by atoms with Crippen molar-refractivity contribution < 1.29 is 19.2 Å². The number of aromatic nitrogens is 3. The second-order valence-electron chi connectivity index (χ2n) is 10.7. The highest BCUT2D eigenvalue weighted by Gasteiger charge is 2.44. The zero-order valence-corrected chi connectivity index (χ0v) is 24.0. The van der Waals surface area contributed by atoms with Crippen molar-refractivity contribution in [3.63, 3.8) is 0 Å². The maximum absolute atomic E-state index is 13.9. The number of hydrogen-bond acceptors (Lipinski definition) is 7. The molecular formula is C28H42N8O4. The number of hydrogen-bond donors (Lipinski definition) is 4. The Hall–Kier alpha value is -3.80. The van der Waals surface area contributed by atoms with Crippen molar-refractivity contribution in [1.82, 2.24) is 35.8 Å². The Kier molecular flexibility index (Phi) is 10.8. The molecule has 0 saturated carbocycles. The third-order valence-corrected chi connectivity index (χ3v) is 7.30. The lowest BCUT2D eigenvalue weighted by atomic mass is 10.0. The number of aryl methyl sites for hydroxylation is 1. The van der Waals surface area contributed by atoms with Crippen LogP contribution in [0.2, 0.25) is 0 Å². The molecule has 1 aromatic carbocycles. The van der Waals surface area contributed by atoms with Crippen LogP contribution >= 0.6 is 0 Å². The Bertz CT molecular complexity index is 1170. The molecule has 1 aromatic heterocycles. The maximum Gasteiger partial charge on any atom is 0.246 e. The van der Waals surface area contributed by atoms with Gasteiger partial charge >= 0.3 is 0 Å². The highest BCUT2D eigenvalue weighted by molar-refractivity contribution is 5.95. The van der Waals surface area contributed by atoms with Gasteiger partial charge in [-0.15, -0.1) is 5.10 Å². The molecule has 2 heterocycles. The number of likely N-dealkylation sites (tertiary alicyclic amines) is 1. The van der Waals surface area contributed by atoms with Crippen molar-refractivity contribution in [2.45, 2.75) is 83.6 Å². The first-order chi connectivity index (χ1) is 19.0. The topological polar surface area (TPSA) is 164 Å². The average molecular weight is 555 g/mol. The summed E-state index contributed by atoms with van der Waals surface area (Å²) in [7, 11) is 1.66. The number of likely N-dealkylation sites (N-methyl/N-ethyl adjacent to an activating group) is 1. The van der Waals surface area contributed by atoms with Crippen LogP contribution in [-0.2, 0) is 32.0 Å². The highest BCUT2D eigenvalue weighted by atomic mass is 16.2. The fourth-order valence-electron chi connectivity index (χ4n) is 4.80. The SMILES string of the molecule is CCCc1cn([C@@H]2C[C@@H](C(=O)N[C@@H](Cc3ccccc3)C(N)=O)N(C(=O)[C@@H](NC(=O)[C@H](C)NC)C(C)C)C2)nn1. The summed E-state index contributed by atoms with van der Waals surface area (Å²) in [6.45, 7) is 7.64. The smallest absolute Gasteiger partial charge is 0.246 e. The van der Waals surface area contributed by atoms with Gasteiger partial charge in [0.05, 0.1) is 17.8 Å². The number of nitrogens with one attached hydrogen (secondary N) is 3. The summed E-state index contributed by atoms with van der Waals surface area (Å²) in [5.41, 5.74) is 7.33. The lowest BCUT2D eigenvalue weighted by Crippen LogP contribution is -2.58. The predicted octanol–water partition coefficient (Wildman–Crippen LogP) is 0.334. The van der Waals surface area contributed by atoms with Gasteiger partial charge in [-0.1, -0.05) is 62.7 Å². The Morgan fingerprint density at radius 1 is 1.10 bits per heavy atom. The summed E-state index contributed by atoms with van der Waals surface area (Å²) >= 11 is 0. The van der Waals surface area contributed by atoms with E-state index in [0.29, 0.717) is 0 Å². The van der Waals surface area contributed by atoms with Crippen molar-refractivity contribution in [3.05, 3.63) is 47.8 Å². The number of nitrogens with two attached hydrogens (primary N) is 1. The second kappa shape index (κ2) is 14.0. The summed E-state index contributed by atoms with van der Waals surface area (Å²) in [6.07, 6.45) is 4.02. The summed E-state index contributed by atoms with van der Waals surface area (Å²) in [5.74, 6) is -2.08. The minimum atomic E-state index is -0.953. The van der Waals surface area contributed by atoms with Gasteiger partial charge in [0.25, 0.3) is 0 Å². The van der Waals surface area contributed by atoms with E-state index in [2.05, 4.69) is 33.2 Å². The van der Waals surface area contributed by atoms with Gasteiger partial charge in [-0.2, -0.15) is 0 Å². The summed E-state index contributed by atoms with van der Waals surface area (Å²) in [6, 6.07) is 5.75. The summed E-state index contributed by atoms with van der Waals surface area (Å²) in [4.78, 5) is 54.0. The molecule has 0 bridgehead atoms.